The maximum absolute atomic E-state index is 13.6. The molecule has 3 rings (SSSR count). The van der Waals surface area contributed by atoms with Gasteiger partial charge in [0, 0.05) is 20.3 Å². The number of fused-ring (bicyclic) bond motifs is 1. The van der Waals surface area contributed by atoms with Gasteiger partial charge in [-0.3, -0.25) is 0 Å². The lowest BCUT2D eigenvalue weighted by molar-refractivity contribution is 0.554. The zero-order valence-corrected chi connectivity index (χ0v) is 14.5. The van der Waals surface area contributed by atoms with Crippen LogP contribution >= 0.6 is 27.3 Å². The molecule has 0 amide bonds. The fourth-order valence-corrected chi connectivity index (χ4v) is 4.85. The first-order valence-electron chi connectivity index (χ1n) is 7.45. The van der Waals surface area contributed by atoms with Gasteiger partial charge in [0.25, 0.3) is 0 Å². The zero-order valence-electron chi connectivity index (χ0n) is 12.1. The van der Waals surface area contributed by atoms with Gasteiger partial charge >= 0.3 is 0 Å². The van der Waals surface area contributed by atoms with Crippen molar-refractivity contribution in [3.05, 3.63) is 55.4 Å². The van der Waals surface area contributed by atoms with E-state index in [4.69, 9.17) is 0 Å². The van der Waals surface area contributed by atoms with Gasteiger partial charge in [-0.2, -0.15) is 0 Å². The van der Waals surface area contributed by atoms with Crippen LogP contribution in [-0.4, -0.2) is 6.54 Å². The van der Waals surface area contributed by atoms with Crippen molar-refractivity contribution in [3.63, 3.8) is 0 Å². The topological polar surface area (TPSA) is 12.0 Å². The molecule has 0 aliphatic heterocycles. The van der Waals surface area contributed by atoms with Gasteiger partial charge in [0.2, 0.25) is 0 Å². The molecule has 0 spiro atoms. The molecular formula is C17H19BrFNS. The van der Waals surface area contributed by atoms with Gasteiger partial charge in [-0.1, -0.05) is 22.9 Å². The lowest BCUT2D eigenvalue weighted by Gasteiger charge is -2.17. The predicted octanol–water partition coefficient (Wildman–Crippen LogP) is 5.03. The van der Waals surface area contributed by atoms with E-state index in [9.17, 15) is 4.39 Å². The summed E-state index contributed by atoms with van der Waals surface area (Å²) >= 11 is 5.31. The number of likely N-dealkylation sites (N-methyl/N-ethyl adjacent to an activating group) is 1. The monoisotopic (exact) mass is 367 g/mol. The Morgan fingerprint density at radius 3 is 2.86 bits per heavy atom. The number of rotatable bonds is 5. The predicted molar refractivity (Wildman–Crippen MR) is 90.6 cm³/mol. The van der Waals surface area contributed by atoms with Gasteiger partial charge in [-0.25, -0.2) is 4.39 Å². The molecule has 1 N–H and O–H groups in total. The van der Waals surface area contributed by atoms with Crippen molar-refractivity contribution in [1.29, 1.82) is 0 Å². The lowest BCUT2D eigenvalue weighted by Crippen LogP contribution is -2.22. The summed E-state index contributed by atoms with van der Waals surface area (Å²) in [6, 6.07) is 7.78. The molecule has 1 heterocycles. The minimum absolute atomic E-state index is 0.178. The maximum Gasteiger partial charge on any atom is 0.124 e. The van der Waals surface area contributed by atoms with E-state index in [-0.39, 0.29) is 11.9 Å². The van der Waals surface area contributed by atoms with Crippen LogP contribution in [-0.2, 0) is 19.3 Å². The van der Waals surface area contributed by atoms with Crippen molar-refractivity contribution >= 4 is 27.3 Å². The van der Waals surface area contributed by atoms with Crippen molar-refractivity contribution in [2.75, 3.05) is 6.54 Å². The van der Waals surface area contributed by atoms with E-state index in [0.29, 0.717) is 0 Å². The lowest BCUT2D eigenvalue weighted by atomic mass is 10.0. The first-order chi connectivity index (χ1) is 10.2. The van der Waals surface area contributed by atoms with E-state index in [1.165, 1.54) is 35.8 Å². The van der Waals surface area contributed by atoms with Gasteiger partial charge in [-0.05, 0) is 67.6 Å². The Labute approximate surface area is 137 Å². The second-order valence-corrected chi connectivity index (χ2v) is 7.63. The molecule has 0 radical (unpaired) electrons. The molecule has 4 heteroatoms. The van der Waals surface area contributed by atoms with E-state index < -0.39 is 0 Å². The standard InChI is InChI=1S/C17H19BrFNS/c1-2-20-15(8-11-6-13(18)10-14(19)7-11)17-9-12-4-3-5-16(12)21-17/h6-7,9-10,15,20H,2-5,8H2,1H3. The number of benzene rings is 1. The molecule has 1 aromatic carbocycles. The average molecular weight is 368 g/mol. The highest BCUT2D eigenvalue weighted by Gasteiger charge is 2.20. The minimum atomic E-state index is -0.178. The quantitative estimate of drug-likeness (QED) is 0.780. The van der Waals surface area contributed by atoms with Gasteiger partial charge in [-0.15, -0.1) is 11.3 Å². The highest BCUT2D eigenvalue weighted by Crippen LogP contribution is 2.35. The Hall–Kier alpha value is -0.710. The van der Waals surface area contributed by atoms with Crippen LogP contribution in [0.25, 0.3) is 0 Å². The molecule has 0 saturated carbocycles. The first-order valence-corrected chi connectivity index (χ1v) is 9.06. The summed E-state index contributed by atoms with van der Waals surface area (Å²) in [5, 5.41) is 3.55. The zero-order chi connectivity index (χ0) is 14.8. The molecule has 1 aliphatic rings. The van der Waals surface area contributed by atoms with Crippen molar-refractivity contribution in [2.24, 2.45) is 0 Å². The Morgan fingerprint density at radius 1 is 1.29 bits per heavy atom. The largest absolute Gasteiger partial charge is 0.309 e. The molecular weight excluding hydrogens is 349 g/mol. The van der Waals surface area contributed by atoms with Crippen LogP contribution in [0.1, 0.15) is 40.3 Å². The summed E-state index contributed by atoms with van der Waals surface area (Å²) in [4.78, 5) is 2.94. The van der Waals surface area contributed by atoms with Crippen molar-refractivity contribution in [3.8, 4) is 0 Å². The summed E-state index contributed by atoms with van der Waals surface area (Å²) in [6.07, 6.45) is 4.56. The van der Waals surface area contributed by atoms with Crippen LogP contribution in [0.4, 0.5) is 4.39 Å². The maximum atomic E-state index is 13.6. The molecule has 1 atom stereocenters. The highest BCUT2D eigenvalue weighted by atomic mass is 79.9. The van der Waals surface area contributed by atoms with Gasteiger partial charge in [0.1, 0.15) is 5.82 Å². The molecule has 112 valence electrons. The number of nitrogens with one attached hydrogen (secondary N) is 1. The van der Waals surface area contributed by atoms with E-state index >= 15 is 0 Å². The van der Waals surface area contributed by atoms with E-state index in [0.717, 1.165) is 23.0 Å². The number of halogens is 2. The van der Waals surface area contributed by atoms with Crippen molar-refractivity contribution < 1.29 is 4.39 Å². The van der Waals surface area contributed by atoms with Gasteiger partial charge < -0.3 is 5.32 Å². The molecule has 1 aromatic heterocycles. The molecule has 0 bridgehead atoms. The number of hydrogen-bond acceptors (Lipinski definition) is 2. The Bertz CT molecular complexity index is 596. The Balaban J connectivity index is 1.83. The third-order valence-corrected chi connectivity index (χ3v) is 5.73. The number of hydrogen-bond donors (Lipinski definition) is 1. The fraction of sp³-hybridized carbons (Fsp3) is 0.412. The van der Waals surface area contributed by atoms with E-state index in [1.54, 1.807) is 10.9 Å². The normalized spacial score (nSPS) is 15.2. The summed E-state index contributed by atoms with van der Waals surface area (Å²) < 4.78 is 14.4. The van der Waals surface area contributed by atoms with Crippen LogP contribution < -0.4 is 5.32 Å². The molecule has 1 unspecified atom stereocenters. The van der Waals surface area contributed by atoms with Gasteiger partial charge in [0.05, 0.1) is 0 Å². The highest BCUT2D eigenvalue weighted by molar-refractivity contribution is 9.10. The molecule has 21 heavy (non-hydrogen) atoms. The van der Waals surface area contributed by atoms with E-state index in [2.05, 4.69) is 34.2 Å². The Morgan fingerprint density at radius 2 is 2.14 bits per heavy atom. The number of thiophene rings is 1. The van der Waals surface area contributed by atoms with Crippen LogP contribution in [0.5, 0.6) is 0 Å². The second-order valence-electron chi connectivity index (χ2n) is 5.54. The summed E-state index contributed by atoms with van der Waals surface area (Å²) in [6.45, 7) is 3.04. The molecule has 0 fully saturated rings. The summed E-state index contributed by atoms with van der Waals surface area (Å²) in [7, 11) is 0. The SMILES string of the molecule is CCNC(Cc1cc(F)cc(Br)c1)c1cc2c(s1)CCC2. The van der Waals surface area contributed by atoms with Crippen LogP contribution in [0, 0.1) is 5.82 Å². The van der Waals surface area contributed by atoms with E-state index in [1.807, 2.05) is 17.4 Å². The van der Waals surface area contributed by atoms with Crippen LogP contribution in [0.15, 0.2) is 28.7 Å². The molecule has 2 aromatic rings. The first kappa shape index (κ1) is 15.2. The molecule has 0 saturated heterocycles. The molecule has 1 nitrogen and oxygen atoms in total. The average Bonchev–Trinajstić information content (AvgIpc) is 2.97. The summed E-state index contributed by atoms with van der Waals surface area (Å²) in [5.41, 5.74) is 2.56. The van der Waals surface area contributed by atoms with Crippen LogP contribution in [0.3, 0.4) is 0 Å². The Kier molecular flexibility index (Phi) is 4.77. The third kappa shape index (κ3) is 3.55. The van der Waals surface area contributed by atoms with Gasteiger partial charge in [0.15, 0.2) is 0 Å². The fourth-order valence-electron chi connectivity index (χ4n) is 3.01. The second kappa shape index (κ2) is 6.59. The number of aryl methyl sites for hydroxylation is 2. The summed E-state index contributed by atoms with van der Waals surface area (Å²) in [5.74, 6) is -0.178. The minimum Gasteiger partial charge on any atom is -0.309 e. The van der Waals surface area contributed by atoms with Crippen molar-refractivity contribution in [1.82, 2.24) is 5.32 Å². The molecule has 1 aliphatic carbocycles. The third-order valence-electron chi connectivity index (χ3n) is 3.92. The van der Waals surface area contributed by atoms with Crippen molar-refractivity contribution in [2.45, 2.75) is 38.6 Å². The smallest absolute Gasteiger partial charge is 0.124 e. The van der Waals surface area contributed by atoms with Crippen LogP contribution in [0.2, 0.25) is 0 Å².